The highest BCUT2D eigenvalue weighted by molar-refractivity contribution is 6.00. The third kappa shape index (κ3) is 5.01. The third-order valence-electron chi connectivity index (χ3n) is 7.24. The molecule has 2 aliphatic heterocycles. The van der Waals surface area contributed by atoms with Crippen molar-refractivity contribution in [1.29, 1.82) is 0 Å². The van der Waals surface area contributed by atoms with Crippen molar-refractivity contribution in [2.75, 3.05) is 29.9 Å². The Hall–Kier alpha value is -3.15. The Morgan fingerprint density at radius 3 is 2.15 bits per heavy atom. The predicted octanol–water partition coefficient (Wildman–Crippen LogP) is 4.35. The van der Waals surface area contributed by atoms with Gasteiger partial charge in [-0.15, -0.1) is 0 Å². The van der Waals surface area contributed by atoms with E-state index in [2.05, 4.69) is 31.3 Å². The van der Waals surface area contributed by atoms with E-state index in [1.165, 1.54) is 0 Å². The summed E-state index contributed by atoms with van der Waals surface area (Å²) < 4.78 is 0. The molecule has 2 aromatic rings. The highest BCUT2D eigenvalue weighted by atomic mass is 16.2. The number of carbonyl (C=O) groups excluding carboxylic acids is 3. The summed E-state index contributed by atoms with van der Waals surface area (Å²) in [4.78, 5) is 42.3. The summed E-state index contributed by atoms with van der Waals surface area (Å²) >= 11 is 0. The highest BCUT2D eigenvalue weighted by Gasteiger charge is 2.38. The lowest BCUT2D eigenvalue weighted by Gasteiger charge is -2.33. The number of likely N-dealkylation sites (tertiary alicyclic amines) is 1. The van der Waals surface area contributed by atoms with Crippen LogP contribution in [-0.4, -0.2) is 42.3 Å². The van der Waals surface area contributed by atoms with Crippen molar-refractivity contribution in [2.24, 2.45) is 11.8 Å². The van der Waals surface area contributed by atoms with Crippen LogP contribution < -0.4 is 10.2 Å². The predicted molar refractivity (Wildman–Crippen MR) is 135 cm³/mol. The molecule has 0 saturated carbocycles. The topological polar surface area (TPSA) is 69.7 Å². The number of aryl methyl sites for hydroxylation is 3. The van der Waals surface area contributed by atoms with Crippen LogP contribution in [0, 0.1) is 18.8 Å². The number of carbonyl (C=O) groups is 3. The zero-order valence-corrected chi connectivity index (χ0v) is 20.5. The lowest BCUT2D eigenvalue weighted by atomic mass is 9.94. The van der Waals surface area contributed by atoms with Crippen molar-refractivity contribution in [3.05, 3.63) is 59.2 Å². The fourth-order valence-electron chi connectivity index (χ4n) is 5.10. The van der Waals surface area contributed by atoms with Crippen molar-refractivity contribution in [2.45, 2.75) is 52.9 Å². The quantitative estimate of drug-likeness (QED) is 0.695. The van der Waals surface area contributed by atoms with Gasteiger partial charge in [-0.05, 0) is 55.9 Å². The number of rotatable bonds is 6. The number of hydrogen-bond acceptors (Lipinski definition) is 3. The van der Waals surface area contributed by atoms with E-state index in [0.29, 0.717) is 32.5 Å². The van der Waals surface area contributed by atoms with Gasteiger partial charge in [0.2, 0.25) is 17.7 Å². The minimum Gasteiger partial charge on any atom is -0.342 e. The number of piperidine rings is 1. The number of amides is 3. The van der Waals surface area contributed by atoms with E-state index in [-0.39, 0.29) is 36.0 Å². The van der Waals surface area contributed by atoms with Gasteiger partial charge in [-0.3, -0.25) is 14.4 Å². The molecule has 0 aliphatic carbocycles. The lowest BCUT2D eigenvalue weighted by molar-refractivity contribution is -0.138. The Kier molecular flexibility index (Phi) is 7.35. The minimum absolute atomic E-state index is 0.00205. The van der Waals surface area contributed by atoms with Crippen LogP contribution in [0.3, 0.4) is 0 Å². The summed E-state index contributed by atoms with van der Waals surface area (Å²) in [6.45, 7) is 7.75. The van der Waals surface area contributed by atoms with Crippen LogP contribution in [0.15, 0.2) is 42.5 Å². The molecule has 0 radical (unpaired) electrons. The van der Waals surface area contributed by atoms with E-state index in [1.807, 2.05) is 42.2 Å². The molecule has 2 aliphatic rings. The van der Waals surface area contributed by atoms with Gasteiger partial charge in [-0.1, -0.05) is 49.7 Å². The van der Waals surface area contributed by atoms with E-state index >= 15 is 0 Å². The second kappa shape index (κ2) is 10.4. The first-order valence-electron chi connectivity index (χ1n) is 12.5. The SMILES string of the molecule is CCc1cccc(CC)c1NC(=O)C1CCN(C(=O)[C@@H]2CC(=O)N(c3ccc(C)cc3)C2)CC1. The second-order valence-electron chi connectivity index (χ2n) is 9.49. The molecule has 0 aromatic heterocycles. The van der Waals surface area contributed by atoms with Gasteiger partial charge in [-0.25, -0.2) is 0 Å². The Morgan fingerprint density at radius 1 is 0.941 bits per heavy atom. The maximum absolute atomic E-state index is 13.2. The molecular weight excluding hydrogens is 426 g/mol. The first kappa shape index (κ1) is 24.0. The summed E-state index contributed by atoms with van der Waals surface area (Å²) in [5.74, 6) is -0.343. The molecule has 1 atom stereocenters. The maximum Gasteiger partial charge on any atom is 0.228 e. The molecule has 2 saturated heterocycles. The fourth-order valence-corrected chi connectivity index (χ4v) is 5.10. The van der Waals surface area contributed by atoms with Gasteiger partial charge in [0.05, 0.1) is 5.92 Å². The highest BCUT2D eigenvalue weighted by Crippen LogP contribution is 2.29. The number of anilines is 2. The average molecular weight is 462 g/mol. The van der Waals surface area contributed by atoms with Crippen LogP contribution in [0.2, 0.25) is 0 Å². The Morgan fingerprint density at radius 2 is 1.56 bits per heavy atom. The molecule has 6 heteroatoms. The number of nitrogens with zero attached hydrogens (tertiary/aromatic N) is 2. The number of nitrogens with one attached hydrogen (secondary N) is 1. The Bertz CT molecular complexity index is 1030. The number of benzene rings is 2. The van der Waals surface area contributed by atoms with Crippen LogP contribution in [0.1, 0.15) is 49.8 Å². The van der Waals surface area contributed by atoms with E-state index in [1.54, 1.807) is 4.90 Å². The van der Waals surface area contributed by atoms with E-state index < -0.39 is 0 Å². The molecular formula is C28H35N3O3. The van der Waals surface area contributed by atoms with Crippen molar-refractivity contribution >= 4 is 29.1 Å². The van der Waals surface area contributed by atoms with E-state index in [9.17, 15) is 14.4 Å². The molecule has 0 unspecified atom stereocenters. The smallest absolute Gasteiger partial charge is 0.228 e. The normalized spacial score (nSPS) is 18.9. The minimum atomic E-state index is -0.317. The zero-order chi connectivity index (χ0) is 24.2. The standard InChI is InChI=1S/C28H35N3O3/c1-4-20-7-6-8-21(5-2)26(20)29-27(33)22-13-15-30(16-14-22)28(34)23-17-25(32)31(18-23)24-11-9-19(3)10-12-24/h6-12,22-23H,4-5,13-18H2,1-3H3,(H,29,33)/t23-/m1/s1. The molecule has 180 valence electrons. The van der Waals surface area contributed by atoms with Gasteiger partial charge in [0, 0.05) is 43.3 Å². The van der Waals surface area contributed by atoms with Crippen molar-refractivity contribution in [1.82, 2.24) is 4.90 Å². The summed E-state index contributed by atoms with van der Waals surface area (Å²) in [5, 5.41) is 3.19. The molecule has 2 aromatic carbocycles. The molecule has 4 rings (SSSR count). The van der Waals surface area contributed by atoms with Gasteiger partial charge < -0.3 is 15.1 Å². The van der Waals surface area contributed by atoms with E-state index in [4.69, 9.17) is 0 Å². The lowest BCUT2D eigenvalue weighted by Crippen LogP contribution is -2.44. The van der Waals surface area contributed by atoms with Crippen LogP contribution >= 0.6 is 0 Å². The van der Waals surface area contributed by atoms with Crippen LogP contribution in [0.25, 0.3) is 0 Å². The van der Waals surface area contributed by atoms with Gasteiger partial charge >= 0.3 is 0 Å². The zero-order valence-electron chi connectivity index (χ0n) is 20.5. The van der Waals surface area contributed by atoms with E-state index in [0.717, 1.165) is 40.9 Å². The molecule has 6 nitrogen and oxygen atoms in total. The summed E-state index contributed by atoms with van der Waals surface area (Å²) in [5.41, 5.74) is 5.25. The number of para-hydroxylation sites is 1. The molecule has 3 amide bonds. The van der Waals surface area contributed by atoms with Crippen LogP contribution in [-0.2, 0) is 27.2 Å². The van der Waals surface area contributed by atoms with Crippen molar-refractivity contribution in [3.8, 4) is 0 Å². The summed E-state index contributed by atoms with van der Waals surface area (Å²) in [6, 6.07) is 14.0. The number of hydrogen-bond donors (Lipinski definition) is 1. The largest absolute Gasteiger partial charge is 0.342 e. The third-order valence-corrected chi connectivity index (χ3v) is 7.24. The van der Waals surface area contributed by atoms with Crippen molar-refractivity contribution < 1.29 is 14.4 Å². The summed E-state index contributed by atoms with van der Waals surface area (Å²) in [6.07, 6.45) is 3.29. The molecule has 2 fully saturated rings. The molecule has 34 heavy (non-hydrogen) atoms. The fraction of sp³-hybridized carbons (Fsp3) is 0.464. The Labute approximate surface area is 202 Å². The average Bonchev–Trinajstić information content (AvgIpc) is 3.25. The molecule has 2 heterocycles. The van der Waals surface area contributed by atoms with Crippen LogP contribution in [0.5, 0.6) is 0 Å². The molecule has 0 bridgehead atoms. The van der Waals surface area contributed by atoms with Gasteiger partial charge in [0.15, 0.2) is 0 Å². The van der Waals surface area contributed by atoms with Crippen LogP contribution in [0.4, 0.5) is 11.4 Å². The first-order valence-corrected chi connectivity index (χ1v) is 12.5. The van der Waals surface area contributed by atoms with Gasteiger partial charge in [0.25, 0.3) is 0 Å². The van der Waals surface area contributed by atoms with Crippen molar-refractivity contribution in [3.63, 3.8) is 0 Å². The first-order chi connectivity index (χ1) is 16.4. The van der Waals surface area contributed by atoms with Gasteiger partial charge in [-0.2, -0.15) is 0 Å². The second-order valence-corrected chi connectivity index (χ2v) is 9.49. The van der Waals surface area contributed by atoms with Gasteiger partial charge in [0.1, 0.15) is 0 Å². The summed E-state index contributed by atoms with van der Waals surface area (Å²) in [7, 11) is 0. The molecule has 1 N–H and O–H groups in total. The molecule has 0 spiro atoms. The monoisotopic (exact) mass is 461 g/mol. The maximum atomic E-state index is 13.2. The Balaban J connectivity index is 1.33.